The van der Waals surface area contributed by atoms with Crippen molar-refractivity contribution < 1.29 is 19.1 Å². The van der Waals surface area contributed by atoms with E-state index in [0.29, 0.717) is 11.5 Å². The monoisotopic (exact) mass is 499 g/mol. The lowest BCUT2D eigenvalue weighted by molar-refractivity contribution is -0.129. The molecule has 0 amide bonds. The lowest BCUT2D eigenvalue weighted by Crippen LogP contribution is -2.11. The Labute approximate surface area is 220 Å². The van der Waals surface area contributed by atoms with Gasteiger partial charge in [0, 0.05) is 39.4 Å². The number of hydrogen-bond acceptors (Lipinski definition) is 5. The highest BCUT2D eigenvalue weighted by molar-refractivity contribution is 6.07. The Balaban J connectivity index is 1.78. The van der Waals surface area contributed by atoms with Crippen LogP contribution in [0, 0.1) is 6.92 Å². The zero-order chi connectivity index (χ0) is 26.6. The molecule has 0 heterocycles. The van der Waals surface area contributed by atoms with Crippen LogP contribution in [0.15, 0.2) is 122 Å². The van der Waals surface area contributed by atoms with Crippen LogP contribution in [0.2, 0.25) is 0 Å². The van der Waals surface area contributed by atoms with Gasteiger partial charge in [0.2, 0.25) is 0 Å². The minimum atomic E-state index is -0.519. The smallest absolute Gasteiger partial charge is 0.335 e. The molecule has 5 heteroatoms. The summed E-state index contributed by atoms with van der Waals surface area (Å²) in [6.07, 6.45) is 2.29. The molecule has 0 unspecified atom stereocenters. The van der Waals surface area contributed by atoms with Crippen LogP contribution in [0.1, 0.15) is 5.56 Å². The highest BCUT2D eigenvalue weighted by Gasteiger charge is 2.20. The van der Waals surface area contributed by atoms with Gasteiger partial charge in [-0.1, -0.05) is 79.4 Å². The number of esters is 2. The average Bonchev–Trinajstić information content (AvgIpc) is 2.94. The van der Waals surface area contributed by atoms with Crippen LogP contribution in [0.4, 0.5) is 17.1 Å². The van der Waals surface area contributed by atoms with Gasteiger partial charge in [0.05, 0.1) is 11.4 Å². The number of carbonyl (C=O) groups excluding carboxylic acids is 2. The quantitative estimate of drug-likeness (QED) is 0.129. The topological polar surface area (TPSA) is 55.8 Å². The minimum absolute atomic E-state index is 0.453. The van der Waals surface area contributed by atoms with Crippen molar-refractivity contribution >= 4 is 50.5 Å². The second-order valence-electron chi connectivity index (χ2n) is 8.68. The lowest BCUT2D eigenvalue weighted by atomic mass is 10.0. The van der Waals surface area contributed by atoms with Crippen molar-refractivity contribution in [3.8, 4) is 11.5 Å². The molecule has 0 fully saturated rings. The van der Waals surface area contributed by atoms with Crippen molar-refractivity contribution in [3.63, 3.8) is 0 Å². The number of benzene rings is 5. The van der Waals surface area contributed by atoms with Crippen molar-refractivity contribution in [2.45, 2.75) is 6.92 Å². The van der Waals surface area contributed by atoms with E-state index in [4.69, 9.17) is 9.47 Å². The summed E-state index contributed by atoms with van der Waals surface area (Å²) in [5.74, 6) is -0.132. The van der Waals surface area contributed by atoms with E-state index < -0.39 is 11.9 Å². The molecule has 186 valence electrons. The third kappa shape index (κ3) is 4.65. The summed E-state index contributed by atoms with van der Waals surface area (Å²) in [5.41, 5.74) is 3.87. The lowest BCUT2D eigenvalue weighted by Gasteiger charge is -2.28. The number of anilines is 3. The molecule has 0 aromatic heterocycles. The first-order valence-electron chi connectivity index (χ1n) is 12.1. The zero-order valence-electron chi connectivity index (χ0n) is 20.9. The third-order valence-corrected chi connectivity index (χ3v) is 6.25. The summed E-state index contributed by atoms with van der Waals surface area (Å²) in [6.45, 7) is 9.06. The fraction of sp³-hybridized carbons (Fsp3) is 0.0303. The van der Waals surface area contributed by atoms with Crippen LogP contribution in [-0.4, -0.2) is 11.9 Å². The van der Waals surface area contributed by atoms with Crippen LogP contribution in [0.3, 0.4) is 0 Å². The largest absolute Gasteiger partial charge is 0.423 e. The molecular formula is C33H25NO4. The van der Waals surface area contributed by atoms with Crippen LogP contribution >= 0.6 is 0 Å². The van der Waals surface area contributed by atoms with Gasteiger partial charge in [0.1, 0.15) is 11.5 Å². The SMILES string of the molecule is C=CC(=O)Oc1cccc2c(N(c3ccc(C)cc3)c3cccc4c(OC(=O)C=C)cccc34)cccc12. The molecule has 0 aliphatic rings. The maximum Gasteiger partial charge on any atom is 0.335 e. The van der Waals surface area contributed by atoms with Gasteiger partial charge in [0.25, 0.3) is 0 Å². The van der Waals surface area contributed by atoms with E-state index in [2.05, 4.69) is 42.3 Å². The Kier molecular flexibility index (Phi) is 6.74. The van der Waals surface area contributed by atoms with Crippen molar-refractivity contribution in [2.75, 3.05) is 4.90 Å². The average molecular weight is 500 g/mol. The molecule has 0 aliphatic carbocycles. The van der Waals surface area contributed by atoms with Crippen LogP contribution in [0.5, 0.6) is 11.5 Å². The summed E-state index contributed by atoms with van der Waals surface area (Å²) in [5, 5.41) is 3.37. The van der Waals surface area contributed by atoms with E-state index in [1.54, 1.807) is 12.1 Å². The van der Waals surface area contributed by atoms with Gasteiger partial charge in [-0.25, -0.2) is 9.59 Å². The predicted molar refractivity (Wildman–Crippen MR) is 153 cm³/mol. The second-order valence-corrected chi connectivity index (χ2v) is 8.68. The molecule has 0 saturated carbocycles. The molecule has 0 radical (unpaired) electrons. The molecule has 0 N–H and O–H groups in total. The van der Waals surface area contributed by atoms with Crippen molar-refractivity contribution in [2.24, 2.45) is 0 Å². The molecule has 5 aromatic rings. The fourth-order valence-electron chi connectivity index (χ4n) is 4.50. The number of nitrogens with zero attached hydrogens (tertiary/aromatic N) is 1. The molecule has 5 rings (SSSR count). The number of carbonyl (C=O) groups is 2. The fourth-order valence-corrected chi connectivity index (χ4v) is 4.50. The van der Waals surface area contributed by atoms with Crippen LogP contribution < -0.4 is 14.4 Å². The third-order valence-electron chi connectivity index (χ3n) is 6.25. The number of rotatable bonds is 7. The number of fused-ring (bicyclic) bond motifs is 2. The first-order valence-corrected chi connectivity index (χ1v) is 12.1. The van der Waals surface area contributed by atoms with E-state index in [0.717, 1.165) is 56.3 Å². The summed E-state index contributed by atoms with van der Waals surface area (Å²) >= 11 is 0. The Hall–Kier alpha value is -5.16. The molecule has 5 nitrogen and oxygen atoms in total. The summed E-state index contributed by atoms with van der Waals surface area (Å²) in [7, 11) is 0. The minimum Gasteiger partial charge on any atom is -0.423 e. The predicted octanol–water partition coefficient (Wildman–Crippen LogP) is 7.95. The number of aryl methyl sites for hydroxylation is 1. The molecule has 0 atom stereocenters. The summed E-state index contributed by atoms with van der Waals surface area (Å²) in [6, 6.07) is 31.3. The Bertz CT molecular complexity index is 1600. The van der Waals surface area contributed by atoms with Crippen molar-refractivity contribution in [1.29, 1.82) is 0 Å². The molecule has 0 aliphatic heterocycles. The van der Waals surface area contributed by atoms with E-state index in [1.807, 2.05) is 67.6 Å². The normalized spacial score (nSPS) is 10.7. The molecule has 38 heavy (non-hydrogen) atoms. The maximum absolute atomic E-state index is 12.0. The molecule has 0 saturated heterocycles. The van der Waals surface area contributed by atoms with E-state index in [-0.39, 0.29) is 0 Å². The number of ether oxygens (including phenoxy) is 2. The van der Waals surface area contributed by atoms with E-state index in [1.165, 1.54) is 0 Å². The van der Waals surface area contributed by atoms with Gasteiger partial charge in [-0.15, -0.1) is 0 Å². The van der Waals surface area contributed by atoms with Crippen molar-refractivity contribution in [1.82, 2.24) is 0 Å². The Morgan fingerprint density at radius 2 is 1.03 bits per heavy atom. The van der Waals surface area contributed by atoms with E-state index >= 15 is 0 Å². The van der Waals surface area contributed by atoms with Crippen LogP contribution in [0.25, 0.3) is 21.5 Å². The first kappa shape index (κ1) is 24.5. The van der Waals surface area contributed by atoms with Gasteiger partial charge in [-0.2, -0.15) is 0 Å². The standard InChI is InChI=1S/C33H25NO4/c1-4-32(35)37-30-16-8-10-24-26(30)12-6-14-28(24)34(23-20-18-22(3)19-21-23)29-15-7-13-27-25(29)11-9-17-31(27)38-33(36)5-2/h4-21H,1-2H2,3H3. The van der Waals surface area contributed by atoms with E-state index in [9.17, 15) is 9.59 Å². The maximum atomic E-state index is 12.0. The van der Waals surface area contributed by atoms with Crippen molar-refractivity contribution in [3.05, 3.63) is 128 Å². The summed E-state index contributed by atoms with van der Waals surface area (Å²) < 4.78 is 11.1. The highest BCUT2D eigenvalue weighted by Crippen LogP contribution is 2.44. The Morgan fingerprint density at radius 1 is 0.605 bits per heavy atom. The first-order chi connectivity index (χ1) is 18.5. The van der Waals surface area contributed by atoms with Gasteiger partial charge in [0.15, 0.2) is 0 Å². The molecular weight excluding hydrogens is 474 g/mol. The van der Waals surface area contributed by atoms with Gasteiger partial charge < -0.3 is 14.4 Å². The zero-order valence-corrected chi connectivity index (χ0v) is 20.9. The van der Waals surface area contributed by atoms with Gasteiger partial charge in [-0.3, -0.25) is 0 Å². The number of hydrogen-bond donors (Lipinski definition) is 0. The molecule has 0 spiro atoms. The van der Waals surface area contributed by atoms with Gasteiger partial charge in [-0.05, 0) is 43.3 Å². The highest BCUT2D eigenvalue weighted by atomic mass is 16.5. The summed E-state index contributed by atoms with van der Waals surface area (Å²) in [4.78, 5) is 26.2. The molecule has 5 aromatic carbocycles. The molecule has 0 bridgehead atoms. The Morgan fingerprint density at radius 3 is 1.47 bits per heavy atom. The second kappa shape index (κ2) is 10.4. The van der Waals surface area contributed by atoms with Gasteiger partial charge >= 0.3 is 11.9 Å². The van der Waals surface area contributed by atoms with Crippen LogP contribution in [-0.2, 0) is 9.59 Å².